The summed E-state index contributed by atoms with van der Waals surface area (Å²) in [7, 11) is 0. The molecule has 1 aliphatic rings. The van der Waals surface area contributed by atoms with Crippen LogP contribution in [0.1, 0.15) is 52.0 Å². The lowest BCUT2D eigenvalue weighted by Gasteiger charge is -2.19. The number of anilines is 1. The molecule has 9 heteroatoms. The van der Waals surface area contributed by atoms with Crippen LogP contribution in [0.25, 0.3) is 0 Å². The molecule has 0 unspecified atom stereocenters. The highest BCUT2D eigenvalue weighted by Gasteiger charge is 2.39. The van der Waals surface area contributed by atoms with E-state index in [2.05, 4.69) is 5.32 Å². The minimum Gasteiger partial charge on any atom is -0.455 e. The van der Waals surface area contributed by atoms with E-state index in [4.69, 9.17) is 14.0 Å². The minimum atomic E-state index is -1.12. The summed E-state index contributed by atoms with van der Waals surface area (Å²) in [6.07, 6.45) is 0.338. The number of hydrogen-bond acceptors (Lipinski definition) is 7. The second kappa shape index (κ2) is 6.60. The third-order valence-electron chi connectivity index (χ3n) is 3.42. The number of hydroxylamine groups is 2. The Morgan fingerprint density at radius 1 is 1.04 bits per heavy atom. The van der Waals surface area contributed by atoms with Crippen molar-refractivity contribution >= 4 is 29.6 Å². The van der Waals surface area contributed by atoms with Crippen molar-refractivity contribution in [1.29, 1.82) is 0 Å². The molecule has 1 aromatic heterocycles. The summed E-state index contributed by atoms with van der Waals surface area (Å²) in [5, 5.41) is 2.70. The zero-order valence-electron chi connectivity index (χ0n) is 14.8. The van der Waals surface area contributed by atoms with Crippen LogP contribution >= 0.6 is 0 Å². The first-order valence-electron chi connectivity index (χ1n) is 7.95. The van der Waals surface area contributed by atoms with Gasteiger partial charge in [-0.15, -0.1) is 0 Å². The zero-order valence-corrected chi connectivity index (χ0v) is 14.8. The Kier molecular flexibility index (Phi) is 4.44. The van der Waals surface area contributed by atoms with Crippen LogP contribution in [0, 0.1) is 0 Å². The van der Waals surface area contributed by atoms with Crippen molar-refractivity contribution < 1.29 is 33.2 Å². The molecule has 0 fully saturated rings. The van der Waals surface area contributed by atoms with Crippen LogP contribution in [0.5, 0.6) is 0 Å². The van der Waals surface area contributed by atoms with Gasteiger partial charge in [-0.05, 0) is 32.9 Å². The Bertz CT molecular complexity index is 904. The highest BCUT2D eigenvalue weighted by atomic mass is 16.7. The predicted octanol–water partition coefficient (Wildman–Crippen LogP) is 2.99. The Balaban J connectivity index is 1.73. The molecule has 0 bridgehead atoms. The molecule has 2 heterocycles. The van der Waals surface area contributed by atoms with Gasteiger partial charge in [-0.2, -0.15) is 0 Å². The molecule has 2 aromatic rings. The summed E-state index contributed by atoms with van der Waals surface area (Å²) in [5.41, 5.74) is -0.510. The number of hydrogen-bond donors (Lipinski definition) is 1. The maximum Gasteiger partial charge on any atom is 0.412 e. The van der Waals surface area contributed by atoms with Crippen LogP contribution in [0.15, 0.2) is 41.0 Å². The van der Waals surface area contributed by atoms with Gasteiger partial charge in [0.25, 0.3) is 11.8 Å². The topological polar surface area (TPSA) is 115 Å². The monoisotopic (exact) mass is 372 g/mol. The summed E-state index contributed by atoms with van der Waals surface area (Å²) in [6, 6.07) is 7.38. The largest absolute Gasteiger partial charge is 0.455 e. The third kappa shape index (κ3) is 3.66. The van der Waals surface area contributed by atoms with E-state index >= 15 is 0 Å². The number of furan rings is 1. The van der Waals surface area contributed by atoms with Crippen LogP contribution in [-0.2, 0) is 9.57 Å². The highest BCUT2D eigenvalue weighted by Crippen LogP contribution is 2.25. The SMILES string of the molecule is CC(C)(C)OC(=O)Nc1ccoc1C(=O)ON1C(=O)c2ccccc2C1=O. The van der Waals surface area contributed by atoms with Gasteiger partial charge in [0.15, 0.2) is 0 Å². The molecule has 0 atom stereocenters. The second-order valence-corrected chi connectivity index (χ2v) is 6.62. The Hall–Kier alpha value is -3.62. The molecule has 0 spiro atoms. The van der Waals surface area contributed by atoms with Crippen molar-refractivity contribution in [3.8, 4) is 0 Å². The van der Waals surface area contributed by atoms with Gasteiger partial charge >= 0.3 is 12.1 Å². The van der Waals surface area contributed by atoms with Gasteiger partial charge in [0.1, 0.15) is 5.60 Å². The van der Waals surface area contributed by atoms with Gasteiger partial charge in [0.05, 0.1) is 23.1 Å². The zero-order chi connectivity index (χ0) is 19.8. The normalized spacial score (nSPS) is 13.4. The number of amides is 3. The molecule has 3 amide bonds. The molecular weight excluding hydrogens is 356 g/mol. The third-order valence-corrected chi connectivity index (χ3v) is 3.42. The van der Waals surface area contributed by atoms with Crippen LogP contribution in [0.3, 0.4) is 0 Å². The smallest absolute Gasteiger partial charge is 0.412 e. The summed E-state index contributed by atoms with van der Waals surface area (Å²) in [4.78, 5) is 53.6. The number of rotatable bonds is 3. The average Bonchev–Trinajstić information content (AvgIpc) is 3.12. The molecule has 27 heavy (non-hydrogen) atoms. The lowest BCUT2D eigenvalue weighted by molar-refractivity contribution is -0.0602. The lowest BCUT2D eigenvalue weighted by atomic mass is 10.1. The number of imide groups is 1. The number of ether oxygens (including phenoxy) is 1. The highest BCUT2D eigenvalue weighted by molar-refractivity contribution is 6.21. The number of carbonyl (C=O) groups is 4. The molecule has 0 radical (unpaired) electrons. The number of nitrogens with zero attached hydrogens (tertiary/aromatic N) is 1. The fourth-order valence-corrected chi connectivity index (χ4v) is 2.35. The fourth-order valence-electron chi connectivity index (χ4n) is 2.35. The summed E-state index contributed by atoms with van der Waals surface area (Å²) in [5.74, 6) is -3.05. The van der Waals surface area contributed by atoms with Gasteiger partial charge in [0, 0.05) is 6.07 Å². The summed E-state index contributed by atoms with van der Waals surface area (Å²) >= 11 is 0. The van der Waals surface area contributed by atoms with Crippen molar-refractivity contribution in [2.75, 3.05) is 5.32 Å². The maximum atomic E-state index is 12.3. The van der Waals surface area contributed by atoms with Crippen molar-refractivity contribution in [2.45, 2.75) is 26.4 Å². The second-order valence-electron chi connectivity index (χ2n) is 6.62. The molecule has 0 saturated carbocycles. The molecule has 1 aromatic carbocycles. The van der Waals surface area contributed by atoms with Gasteiger partial charge in [-0.3, -0.25) is 14.9 Å². The van der Waals surface area contributed by atoms with Crippen molar-refractivity contribution in [1.82, 2.24) is 5.06 Å². The van der Waals surface area contributed by atoms with E-state index in [0.29, 0.717) is 5.06 Å². The molecule has 1 N–H and O–H groups in total. The van der Waals surface area contributed by atoms with E-state index in [-0.39, 0.29) is 16.8 Å². The van der Waals surface area contributed by atoms with Crippen molar-refractivity contribution in [3.05, 3.63) is 53.5 Å². The molecule has 9 nitrogen and oxygen atoms in total. The molecule has 0 aliphatic carbocycles. The molecule has 0 saturated heterocycles. The van der Waals surface area contributed by atoms with Gasteiger partial charge < -0.3 is 14.0 Å². The maximum absolute atomic E-state index is 12.3. The van der Waals surface area contributed by atoms with Crippen LogP contribution in [0.4, 0.5) is 10.5 Å². The Morgan fingerprint density at radius 3 is 2.19 bits per heavy atom. The van der Waals surface area contributed by atoms with Gasteiger partial charge in [-0.25, -0.2) is 9.59 Å². The van der Waals surface area contributed by atoms with E-state index in [1.165, 1.54) is 18.2 Å². The van der Waals surface area contributed by atoms with Crippen LogP contribution in [0.2, 0.25) is 0 Å². The minimum absolute atomic E-state index is 0.0224. The molecule has 140 valence electrons. The lowest BCUT2D eigenvalue weighted by Crippen LogP contribution is -2.33. The van der Waals surface area contributed by atoms with E-state index in [9.17, 15) is 19.2 Å². The van der Waals surface area contributed by atoms with E-state index in [1.807, 2.05) is 0 Å². The quantitative estimate of drug-likeness (QED) is 0.824. The van der Waals surface area contributed by atoms with Crippen LogP contribution in [-0.4, -0.2) is 34.5 Å². The number of nitrogens with one attached hydrogen (secondary N) is 1. The number of carbonyl (C=O) groups excluding carboxylic acids is 4. The summed E-state index contributed by atoms with van der Waals surface area (Å²) < 4.78 is 10.1. The number of fused-ring (bicyclic) bond motifs is 1. The standard InChI is InChI=1S/C18H16N2O7/c1-18(2,3)26-17(24)19-12-8-9-25-13(12)16(23)27-20-14(21)10-6-4-5-7-11(10)15(20)22/h4-9H,1-3H3,(H,19,24). The van der Waals surface area contributed by atoms with Crippen LogP contribution < -0.4 is 5.32 Å². The van der Waals surface area contributed by atoms with E-state index in [0.717, 1.165) is 6.26 Å². The predicted molar refractivity (Wildman–Crippen MR) is 90.9 cm³/mol. The Labute approximate surface area is 153 Å². The van der Waals surface area contributed by atoms with Crippen molar-refractivity contribution in [2.24, 2.45) is 0 Å². The molecule has 3 rings (SSSR count). The molecular formula is C18H16N2O7. The average molecular weight is 372 g/mol. The van der Waals surface area contributed by atoms with Gasteiger partial charge in [0.2, 0.25) is 5.76 Å². The summed E-state index contributed by atoms with van der Waals surface area (Å²) in [6.45, 7) is 5.04. The Morgan fingerprint density at radius 2 is 1.63 bits per heavy atom. The first-order chi connectivity index (χ1) is 12.7. The first-order valence-corrected chi connectivity index (χ1v) is 7.95. The first kappa shape index (κ1) is 18.2. The van der Waals surface area contributed by atoms with Gasteiger partial charge in [-0.1, -0.05) is 17.2 Å². The molecule has 1 aliphatic heterocycles. The van der Waals surface area contributed by atoms with E-state index < -0.39 is 35.2 Å². The fraction of sp³-hybridized carbons (Fsp3) is 0.222. The van der Waals surface area contributed by atoms with E-state index in [1.54, 1.807) is 32.9 Å². The number of benzene rings is 1. The van der Waals surface area contributed by atoms with Crippen molar-refractivity contribution in [3.63, 3.8) is 0 Å².